The lowest BCUT2D eigenvalue weighted by Crippen LogP contribution is -2.33. The minimum atomic E-state index is -0.686. The standard InChI is InChI=1S/C18H23N3O5/c1-5-6-9-21-17(23)15(16(22)20-18(21)24)11(2)19-13-8-7-12(25-3)10-14(13)26-4/h7-8,10,23H,5-6,9H2,1-4H3,(H,20,22,24). The highest BCUT2D eigenvalue weighted by molar-refractivity contribution is 6.02. The van der Waals surface area contributed by atoms with Gasteiger partial charge in [0.05, 0.1) is 19.9 Å². The van der Waals surface area contributed by atoms with E-state index in [1.165, 1.54) is 7.11 Å². The maximum Gasteiger partial charge on any atom is 0.331 e. The van der Waals surface area contributed by atoms with Gasteiger partial charge in [-0.2, -0.15) is 0 Å². The number of H-pyrrole nitrogens is 1. The Morgan fingerprint density at radius 2 is 2.00 bits per heavy atom. The Labute approximate surface area is 150 Å². The first-order chi connectivity index (χ1) is 12.4. The number of ether oxygens (including phenoxy) is 2. The number of aromatic amines is 1. The van der Waals surface area contributed by atoms with Crippen LogP contribution in [0.4, 0.5) is 5.69 Å². The fourth-order valence-corrected chi connectivity index (χ4v) is 2.52. The highest BCUT2D eigenvalue weighted by atomic mass is 16.5. The largest absolute Gasteiger partial charge is 0.497 e. The van der Waals surface area contributed by atoms with E-state index < -0.39 is 11.2 Å². The van der Waals surface area contributed by atoms with Crippen LogP contribution in [-0.4, -0.2) is 34.6 Å². The summed E-state index contributed by atoms with van der Waals surface area (Å²) in [6, 6.07) is 5.05. The molecule has 1 aromatic heterocycles. The van der Waals surface area contributed by atoms with E-state index in [1.54, 1.807) is 32.2 Å². The van der Waals surface area contributed by atoms with Crippen LogP contribution in [0.3, 0.4) is 0 Å². The van der Waals surface area contributed by atoms with Gasteiger partial charge < -0.3 is 14.6 Å². The molecule has 2 N–H and O–H groups in total. The molecule has 0 saturated heterocycles. The Bertz CT molecular complexity index is 927. The predicted octanol–water partition coefficient (Wildman–Crippen LogP) is 2.20. The van der Waals surface area contributed by atoms with Gasteiger partial charge in [-0.1, -0.05) is 13.3 Å². The quantitative estimate of drug-likeness (QED) is 0.736. The third kappa shape index (κ3) is 3.96. The number of unbranched alkanes of at least 4 members (excludes halogenated alkanes) is 1. The molecule has 0 fully saturated rings. The first kappa shape index (κ1) is 19.3. The average molecular weight is 361 g/mol. The second-order valence-electron chi connectivity index (χ2n) is 5.70. The SMILES string of the molecule is CCCCn1c(O)c(C(C)=Nc2ccc(OC)cc2OC)c(=O)[nH]c1=O. The van der Waals surface area contributed by atoms with Crippen molar-refractivity contribution in [2.75, 3.05) is 14.2 Å². The Balaban J connectivity index is 2.56. The van der Waals surface area contributed by atoms with Crippen LogP contribution in [0.2, 0.25) is 0 Å². The van der Waals surface area contributed by atoms with Crippen molar-refractivity contribution in [3.8, 4) is 17.4 Å². The zero-order valence-corrected chi connectivity index (χ0v) is 15.3. The van der Waals surface area contributed by atoms with Gasteiger partial charge in [0.1, 0.15) is 22.7 Å². The molecule has 0 atom stereocenters. The molecule has 0 unspecified atom stereocenters. The van der Waals surface area contributed by atoms with Gasteiger partial charge in [0, 0.05) is 12.6 Å². The zero-order valence-electron chi connectivity index (χ0n) is 15.3. The van der Waals surface area contributed by atoms with Crippen LogP contribution in [-0.2, 0) is 6.54 Å². The smallest absolute Gasteiger partial charge is 0.331 e. The van der Waals surface area contributed by atoms with Crippen molar-refractivity contribution in [2.24, 2.45) is 4.99 Å². The fourth-order valence-electron chi connectivity index (χ4n) is 2.52. The lowest BCUT2D eigenvalue weighted by atomic mass is 10.2. The summed E-state index contributed by atoms with van der Waals surface area (Å²) >= 11 is 0. The first-order valence-electron chi connectivity index (χ1n) is 8.26. The van der Waals surface area contributed by atoms with Crippen LogP contribution in [0.15, 0.2) is 32.8 Å². The van der Waals surface area contributed by atoms with Crippen LogP contribution >= 0.6 is 0 Å². The van der Waals surface area contributed by atoms with E-state index in [1.807, 2.05) is 6.92 Å². The van der Waals surface area contributed by atoms with E-state index in [9.17, 15) is 14.7 Å². The van der Waals surface area contributed by atoms with Crippen LogP contribution in [0.5, 0.6) is 17.4 Å². The summed E-state index contributed by atoms with van der Waals surface area (Å²) in [5.41, 5.74) is -0.638. The summed E-state index contributed by atoms with van der Waals surface area (Å²) in [5, 5.41) is 10.4. The van der Waals surface area contributed by atoms with Crippen molar-refractivity contribution in [1.29, 1.82) is 0 Å². The molecule has 0 spiro atoms. The molecule has 0 radical (unpaired) electrons. The summed E-state index contributed by atoms with van der Waals surface area (Å²) in [6.07, 6.45) is 1.54. The van der Waals surface area contributed by atoms with Gasteiger partial charge >= 0.3 is 5.69 Å². The van der Waals surface area contributed by atoms with Gasteiger partial charge in [-0.05, 0) is 25.5 Å². The minimum absolute atomic E-state index is 0.0430. The first-order valence-corrected chi connectivity index (χ1v) is 8.26. The fraction of sp³-hybridized carbons (Fsp3) is 0.389. The Kier molecular flexibility index (Phi) is 6.21. The average Bonchev–Trinajstić information content (AvgIpc) is 2.61. The molecular formula is C18H23N3O5. The maximum absolute atomic E-state index is 12.2. The molecule has 1 aromatic carbocycles. The molecule has 26 heavy (non-hydrogen) atoms. The summed E-state index contributed by atoms with van der Waals surface area (Å²) in [7, 11) is 3.04. The van der Waals surface area contributed by atoms with E-state index in [-0.39, 0.29) is 17.2 Å². The third-order valence-electron chi connectivity index (χ3n) is 3.94. The highest BCUT2D eigenvalue weighted by Crippen LogP contribution is 2.32. The number of aromatic nitrogens is 2. The minimum Gasteiger partial charge on any atom is -0.497 e. The Morgan fingerprint density at radius 3 is 2.62 bits per heavy atom. The van der Waals surface area contributed by atoms with Gasteiger partial charge in [-0.3, -0.25) is 14.3 Å². The van der Waals surface area contributed by atoms with Crippen molar-refractivity contribution in [1.82, 2.24) is 9.55 Å². The molecular weight excluding hydrogens is 338 g/mol. The number of rotatable bonds is 7. The summed E-state index contributed by atoms with van der Waals surface area (Å²) in [4.78, 5) is 30.8. The molecule has 0 amide bonds. The number of hydrogen-bond acceptors (Lipinski definition) is 6. The van der Waals surface area contributed by atoms with Crippen LogP contribution < -0.4 is 20.7 Å². The van der Waals surface area contributed by atoms with Crippen molar-refractivity contribution >= 4 is 11.4 Å². The molecule has 140 valence electrons. The van der Waals surface area contributed by atoms with Gasteiger partial charge in [-0.25, -0.2) is 9.79 Å². The van der Waals surface area contributed by atoms with Crippen molar-refractivity contribution in [2.45, 2.75) is 33.2 Å². The number of benzene rings is 1. The summed E-state index contributed by atoms with van der Waals surface area (Å²) in [5.74, 6) is 0.673. The van der Waals surface area contributed by atoms with E-state index in [2.05, 4.69) is 9.98 Å². The Hall–Kier alpha value is -3.03. The number of nitrogens with zero attached hydrogens (tertiary/aromatic N) is 2. The normalized spacial score (nSPS) is 11.5. The van der Waals surface area contributed by atoms with E-state index in [0.29, 0.717) is 30.2 Å². The number of hydrogen-bond donors (Lipinski definition) is 2. The second kappa shape index (κ2) is 8.37. The second-order valence-corrected chi connectivity index (χ2v) is 5.70. The number of aromatic hydroxyl groups is 1. The number of aliphatic imine (C=N–C) groups is 1. The molecule has 2 rings (SSSR count). The molecule has 8 nitrogen and oxygen atoms in total. The third-order valence-corrected chi connectivity index (χ3v) is 3.94. The van der Waals surface area contributed by atoms with E-state index in [0.717, 1.165) is 11.0 Å². The van der Waals surface area contributed by atoms with E-state index in [4.69, 9.17) is 9.47 Å². The molecule has 0 saturated carbocycles. The van der Waals surface area contributed by atoms with Crippen LogP contribution in [0.25, 0.3) is 0 Å². The monoisotopic (exact) mass is 361 g/mol. The molecule has 0 aliphatic rings. The molecule has 0 aliphatic heterocycles. The van der Waals surface area contributed by atoms with Crippen LogP contribution in [0.1, 0.15) is 32.3 Å². The maximum atomic E-state index is 12.2. The zero-order chi connectivity index (χ0) is 19.3. The van der Waals surface area contributed by atoms with Crippen molar-refractivity contribution < 1.29 is 14.6 Å². The lowest BCUT2D eigenvalue weighted by Gasteiger charge is -2.12. The van der Waals surface area contributed by atoms with Crippen molar-refractivity contribution in [3.05, 3.63) is 44.6 Å². The number of nitrogens with one attached hydrogen (secondary N) is 1. The Morgan fingerprint density at radius 1 is 1.27 bits per heavy atom. The van der Waals surface area contributed by atoms with Crippen LogP contribution in [0, 0.1) is 0 Å². The molecule has 0 bridgehead atoms. The van der Waals surface area contributed by atoms with E-state index >= 15 is 0 Å². The van der Waals surface area contributed by atoms with Crippen molar-refractivity contribution in [3.63, 3.8) is 0 Å². The molecule has 8 heteroatoms. The van der Waals surface area contributed by atoms with Gasteiger partial charge in [0.2, 0.25) is 5.88 Å². The highest BCUT2D eigenvalue weighted by Gasteiger charge is 2.17. The topological polar surface area (TPSA) is 106 Å². The number of methoxy groups -OCH3 is 2. The summed E-state index contributed by atoms with van der Waals surface area (Å²) in [6.45, 7) is 3.87. The van der Waals surface area contributed by atoms with Gasteiger partial charge in [0.15, 0.2) is 0 Å². The predicted molar refractivity (Wildman–Crippen MR) is 99.3 cm³/mol. The summed E-state index contributed by atoms with van der Waals surface area (Å²) < 4.78 is 11.6. The molecule has 2 aromatic rings. The van der Waals surface area contributed by atoms with Gasteiger partial charge in [0.25, 0.3) is 5.56 Å². The molecule has 0 aliphatic carbocycles. The lowest BCUT2D eigenvalue weighted by molar-refractivity contribution is 0.393. The molecule has 1 heterocycles. The van der Waals surface area contributed by atoms with Gasteiger partial charge in [-0.15, -0.1) is 0 Å².